The molecule has 0 spiro atoms. The second-order valence-corrected chi connectivity index (χ2v) is 7.08. The molecule has 1 atom stereocenters. The molecule has 1 N–H and O–H groups in total. The molecule has 21 heavy (non-hydrogen) atoms. The van der Waals surface area contributed by atoms with Crippen LogP contribution in [0.25, 0.3) is 0 Å². The molecule has 1 unspecified atom stereocenters. The van der Waals surface area contributed by atoms with E-state index in [0.29, 0.717) is 6.42 Å². The lowest BCUT2D eigenvalue weighted by atomic mass is 10.2. The van der Waals surface area contributed by atoms with E-state index in [0.717, 1.165) is 0 Å². The summed E-state index contributed by atoms with van der Waals surface area (Å²) in [6, 6.07) is 2.14. The monoisotopic (exact) mass is 318 g/mol. The minimum absolute atomic E-state index is 0.0142. The second-order valence-electron chi connectivity index (χ2n) is 4.85. The molecule has 1 fully saturated rings. The first-order valence-corrected chi connectivity index (χ1v) is 7.98. The normalized spacial score (nSPS) is 20.7. The van der Waals surface area contributed by atoms with Gasteiger partial charge in [-0.25, -0.2) is 8.42 Å². The molecule has 1 aromatic heterocycles. The summed E-state index contributed by atoms with van der Waals surface area (Å²) < 4.78 is 28.0. The third-order valence-electron chi connectivity index (χ3n) is 3.25. The van der Waals surface area contributed by atoms with Crippen LogP contribution < -0.4 is 0 Å². The summed E-state index contributed by atoms with van der Waals surface area (Å²) in [5.74, 6) is -1.39. The highest BCUT2D eigenvalue weighted by Gasteiger charge is 2.33. The van der Waals surface area contributed by atoms with Gasteiger partial charge in [0, 0.05) is 6.04 Å². The smallest absolute Gasteiger partial charge is 0.433 e. The Bertz CT molecular complexity index is 651. The molecule has 2 heterocycles. The predicted octanol–water partition coefficient (Wildman–Crippen LogP) is 0.262. The molecule has 0 radical (unpaired) electrons. The van der Waals surface area contributed by atoms with E-state index in [1.54, 1.807) is 0 Å². The van der Waals surface area contributed by atoms with Gasteiger partial charge in [0.1, 0.15) is 10.7 Å². The van der Waals surface area contributed by atoms with Crippen LogP contribution >= 0.6 is 0 Å². The number of nitro groups is 1. The number of sulfone groups is 1. The topological polar surface area (TPSA) is 131 Å². The number of nitrogens with zero attached hydrogens (tertiary/aromatic N) is 2. The van der Waals surface area contributed by atoms with Crippen LogP contribution in [0.5, 0.6) is 0 Å². The van der Waals surface area contributed by atoms with Crippen LogP contribution in [0.3, 0.4) is 0 Å². The summed E-state index contributed by atoms with van der Waals surface area (Å²) in [4.78, 5) is 22.2. The van der Waals surface area contributed by atoms with E-state index in [1.165, 1.54) is 17.0 Å². The van der Waals surface area contributed by atoms with E-state index < -0.39 is 32.7 Å². The standard InChI is InChI=1S/C11H14N2O7S/c14-11(15)6-12(8-3-4-21(18,19)7-8)5-9-1-2-10(20-9)13(16)17/h1-2,8H,3-7H2,(H,14,15). The maximum Gasteiger partial charge on any atom is 0.433 e. The van der Waals surface area contributed by atoms with Crippen molar-refractivity contribution in [3.8, 4) is 0 Å². The van der Waals surface area contributed by atoms with Crippen molar-refractivity contribution in [2.75, 3.05) is 18.1 Å². The lowest BCUT2D eigenvalue weighted by molar-refractivity contribution is -0.402. The van der Waals surface area contributed by atoms with Crippen LogP contribution in [-0.4, -0.2) is 53.4 Å². The summed E-state index contributed by atoms with van der Waals surface area (Å²) in [6.07, 6.45) is 0.346. The Kier molecular flexibility index (Phi) is 4.28. The van der Waals surface area contributed by atoms with Gasteiger partial charge in [0.25, 0.3) is 0 Å². The first-order chi connectivity index (χ1) is 9.77. The average molecular weight is 318 g/mol. The summed E-state index contributed by atoms with van der Waals surface area (Å²) in [5.41, 5.74) is 0. The third kappa shape index (κ3) is 4.02. The highest BCUT2D eigenvalue weighted by molar-refractivity contribution is 7.91. The van der Waals surface area contributed by atoms with Crippen LogP contribution in [0.1, 0.15) is 12.2 Å². The Labute approximate surface area is 120 Å². The highest BCUT2D eigenvalue weighted by Crippen LogP contribution is 2.22. The van der Waals surface area contributed by atoms with Gasteiger partial charge in [-0.3, -0.25) is 19.8 Å². The fourth-order valence-electron chi connectivity index (χ4n) is 2.30. The van der Waals surface area contributed by atoms with Gasteiger partial charge in [-0.1, -0.05) is 0 Å². The first kappa shape index (κ1) is 15.4. The van der Waals surface area contributed by atoms with Gasteiger partial charge in [0.15, 0.2) is 9.84 Å². The Morgan fingerprint density at radius 3 is 2.71 bits per heavy atom. The van der Waals surface area contributed by atoms with Gasteiger partial charge < -0.3 is 9.52 Å². The minimum atomic E-state index is -3.15. The zero-order chi connectivity index (χ0) is 15.6. The van der Waals surface area contributed by atoms with Crippen molar-refractivity contribution in [2.24, 2.45) is 0 Å². The molecule has 0 saturated carbocycles. The van der Waals surface area contributed by atoms with Gasteiger partial charge in [-0.05, 0) is 12.5 Å². The minimum Gasteiger partial charge on any atom is -0.480 e. The lowest BCUT2D eigenvalue weighted by Crippen LogP contribution is -2.39. The van der Waals surface area contributed by atoms with Crippen molar-refractivity contribution in [1.29, 1.82) is 0 Å². The molecule has 9 nitrogen and oxygen atoms in total. The Morgan fingerprint density at radius 1 is 1.52 bits per heavy atom. The molecular weight excluding hydrogens is 304 g/mol. The van der Waals surface area contributed by atoms with Crippen LogP contribution in [0.2, 0.25) is 0 Å². The first-order valence-electron chi connectivity index (χ1n) is 6.16. The van der Waals surface area contributed by atoms with Gasteiger partial charge in [0.2, 0.25) is 0 Å². The van der Waals surface area contributed by atoms with E-state index >= 15 is 0 Å². The quantitative estimate of drug-likeness (QED) is 0.583. The van der Waals surface area contributed by atoms with Gasteiger partial charge in [-0.15, -0.1) is 0 Å². The molecule has 2 rings (SSSR count). The Morgan fingerprint density at radius 2 is 2.24 bits per heavy atom. The van der Waals surface area contributed by atoms with Crippen molar-refractivity contribution in [3.05, 3.63) is 28.0 Å². The number of carboxylic acid groups (broad SMARTS) is 1. The van der Waals surface area contributed by atoms with Crippen molar-refractivity contribution in [2.45, 2.75) is 19.0 Å². The largest absolute Gasteiger partial charge is 0.480 e. The summed E-state index contributed by atoms with van der Waals surface area (Å²) in [5, 5.41) is 19.5. The zero-order valence-electron chi connectivity index (χ0n) is 11.0. The Hall–Kier alpha value is -1.94. The second kappa shape index (κ2) is 5.82. The number of hydrogen-bond donors (Lipinski definition) is 1. The number of rotatable bonds is 6. The summed E-state index contributed by atoms with van der Waals surface area (Å²) in [6.45, 7) is -0.338. The van der Waals surface area contributed by atoms with Gasteiger partial charge in [-0.2, -0.15) is 0 Å². The van der Waals surface area contributed by atoms with E-state index in [1.807, 2.05) is 0 Å². The van der Waals surface area contributed by atoms with Crippen molar-refractivity contribution >= 4 is 21.7 Å². The van der Waals surface area contributed by atoms with Crippen LogP contribution in [0.4, 0.5) is 5.88 Å². The van der Waals surface area contributed by atoms with Crippen molar-refractivity contribution < 1.29 is 27.7 Å². The van der Waals surface area contributed by atoms with Gasteiger partial charge in [0.05, 0.1) is 30.7 Å². The molecule has 10 heteroatoms. The van der Waals surface area contributed by atoms with Gasteiger partial charge >= 0.3 is 11.9 Å². The number of furan rings is 1. The van der Waals surface area contributed by atoms with Crippen molar-refractivity contribution in [3.63, 3.8) is 0 Å². The SMILES string of the molecule is O=C(O)CN(Cc1ccc([N+](=O)[O-])o1)C1CCS(=O)(=O)C1. The molecule has 0 amide bonds. The van der Waals surface area contributed by atoms with E-state index in [-0.39, 0.29) is 30.4 Å². The lowest BCUT2D eigenvalue weighted by Gasteiger charge is -2.24. The average Bonchev–Trinajstić information content (AvgIpc) is 2.94. The molecular formula is C11H14N2O7S. The van der Waals surface area contributed by atoms with E-state index in [2.05, 4.69) is 0 Å². The van der Waals surface area contributed by atoms with Crippen molar-refractivity contribution in [1.82, 2.24) is 4.90 Å². The predicted molar refractivity (Wildman–Crippen MR) is 70.5 cm³/mol. The third-order valence-corrected chi connectivity index (χ3v) is 5.00. The molecule has 1 aliphatic heterocycles. The molecule has 0 aliphatic carbocycles. The summed E-state index contributed by atoms with van der Waals surface area (Å²) in [7, 11) is -3.15. The fourth-order valence-corrected chi connectivity index (χ4v) is 4.06. The molecule has 1 aliphatic rings. The maximum absolute atomic E-state index is 11.5. The molecule has 116 valence electrons. The zero-order valence-corrected chi connectivity index (χ0v) is 11.8. The number of aliphatic carboxylic acids is 1. The number of hydrogen-bond acceptors (Lipinski definition) is 7. The number of carboxylic acids is 1. The van der Waals surface area contributed by atoms with Crippen LogP contribution in [-0.2, 0) is 21.2 Å². The number of carbonyl (C=O) groups is 1. The van der Waals surface area contributed by atoms with E-state index in [4.69, 9.17) is 9.52 Å². The highest BCUT2D eigenvalue weighted by atomic mass is 32.2. The maximum atomic E-state index is 11.5. The van der Waals surface area contributed by atoms with Crippen LogP contribution in [0.15, 0.2) is 16.5 Å². The van der Waals surface area contributed by atoms with E-state index in [9.17, 15) is 23.3 Å². The Balaban J connectivity index is 2.12. The molecule has 1 saturated heterocycles. The summed E-state index contributed by atoms with van der Waals surface area (Å²) >= 11 is 0. The molecule has 1 aromatic rings. The fraction of sp³-hybridized carbons (Fsp3) is 0.545. The molecule has 0 bridgehead atoms. The van der Waals surface area contributed by atoms with Crippen LogP contribution in [0, 0.1) is 10.1 Å². The molecule has 0 aromatic carbocycles.